The first-order chi connectivity index (χ1) is 34.7. The zero-order valence-electron chi connectivity index (χ0n) is 38.0. The molecule has 4 aromatic heterocycles. The molecule has 15 rings (SSSR count). The number of allylic oxidation sites excluding steroid dienone is 4. The Morgan fingerprint density at radius 2 is 0.829 bits per heavy atom. The van der Waals surface area contributed by atoms with Crippen molar-refractivity contribution < 1.29 is 8.83 Å². The van der Waals surface area contributed by atoms with Crippen LogP contribution >= 0.6 is 0 Å². The molecule has 0 aliphatic heterocycles. The van der Waals surface area contributed by atoms with E-state index in [0.29, 0.717) is 0 Å². The number of benzene rings is 10. The third-order valence-corrected chi connectivity index (χ3v) is 14.8. The Kier molecular flexibility index (Phi) is 8.45. The number of hydrogen-bond donors (Lipinski definition) is 0. The fourth-order valence-electron chi connectivity index (χ4n) is 11.7. The summed E-state index contributed by atoms with van der Waals surface area (Å²) in [4.78, 5) is 0. The molecule has 1 unspecified atom stereocenters. The lowest BCUT2D eigenvalue weighted by molar-refractivity contribution is 0.668. The lowest BCUT2D eigenvalue weighted by Gasteiger charge is -2.21. The molecule has 4 nitrogen and oxygen atoms in total. The third-order valence-electron chi connectivity index (χ3n) is 14.8. The van der Waals surface area contributed by atoms with Crippen molar-refractivity contribution in [2.45, 2.75) is 12.3 Å². The molecule has 4 heteroatoms. The van der Waals surface area contributed by atoms with E-state index >= 15 is 0 Å². The average molecular weight is 895 g/mol. The van der Waals surface area contributed by atoms with Crippen molar-refractivity contribution in [3.63, 3.8) is 0 Å². The molecule has 0 N–H and O–H groups in total. The lowest BCUT2D eigenvalue weighted by atomic mass is 9.86. The van der Waals surface area contributed by atoms with Crippen LogP contribution in [0.1, 0.15) is 23.5 Å². The molecule has 14 aromatic rings. The summed E-state index contributed by atoms with van der Waals surface area (Å²) in [6.45, 7) is 0. The number of furan rings is 2. The molecular formula is C66H42N2O2. The molecule has 0 radical (unpaired) electrons. The Labute approximate surface area is 402 Å². The smallest absolute Gasteiger partial charge is 0.135 e. The zero-order valence-corrected chi connectivity index (χ0v) is 38.0. The number of hydrogen-bond acceptors (Lipinski definition) is 2. The summed E-state index contributed by atoms with van der Waals surface area (Å²) < 4.78 is 17.4. The van der Waals surface area contributed by atoms with E-state index in [1.54, 1.807) is 0 Å². The monoisotopic (exact) mass is 894 g/mol. The van der Waals surface area contributed by atoms with Crippen LogP contribution in [0.25, 0.3) is 127 Å². The van der Waals surface area contributed by atoms with E-state index in [0.717, 1.165) is 83.9 Å². The summed E-state index contributed by atoms with van der Waals surface area (Å²) in [6.07, 6.45) is 8.15. The molecule has 0 spiro atoms. The maximum atomic E-state index is 6.21. The number of rotatable bonds is 6. The van der Waals surface area contributed by atoms with Crippen molar-refractivity contribution in [3.8, 4) is 33.6 Å². The van der Waals surface area contributed by atoms with Crippen LogP contribution < -0.4 is 0 Å². The van der Waals surface area contributed by atoms with Crippen LogP contribution in [0.3, 0.4) is 0 Å². The maximum Gasteiger partial charge on any atom is 0.135 e. The summed E-state index contributed by atoms with van der Waals surface area (Å²) in [5.74, 6) is 0.136. The van der Waals surface area contributed by atoms with E-state index in [1.165, 1.54) is 60.3 Å². The highest BCUT2D eigenvalue weighted by molar-refractivity contribution is 6.14. The van der Waals surface area contributed by atoms with Gasteiger partial charge in [-0.25, -0.2) is 0 Å². The second kappa shape index (κ2) is 15.2. The topological polar surface area (TPSA) is 36.1 Å². The molecule has 0 amide bonds. The standard InChI is InChI=1S/C66H42N2O2/c1-5-28-59-51(20-1)55-26-12-24-49(65(55)67(59)47-18-10-14-41(37-47)43-32-34-63-57(39-43)53-22-3-7-30-61(53)69-63)45-16-9-17-46(36-45)50-25-13-27-56-52-21-2-6-29-60(52)68(66(50)56)48-19-11-15-42(38-48)44-33-35-64-58(40-44)54-23-4-8-31-62(54)70-64/h1-16,18-40,46H,17H2. The molecular weight excluding hydrogens is 853 g/mol. The first-order valence-corrected chi connectivity index (χ1v) is 24.2. The van der Waals surface area contributed by atoms with Gasteiger partial charge in [0.05, 0.1) is 22.1 Å². The Hall–Kier alpha value is -9.12. The molecule has 10 aromatic carbocycles. The van der Waals surface area contributed by atoms with Gasteiger partial charge in [0.25, 0.3) is 0 Å². The molecule has 1 atom stereocenters. The number of nitrogens with zero attached hydrogens (tertiary/aromatic N) is 2. The normalized spacial score (nSPS) is 14.1. The largest absolute Gasteiger partial charge is 0.456 e. The van der Waals surface area contributed by atoms with Crippen molar-refractivity contribution in [1.82, 2.24) is 9.13 Å². The molecule has 328 valence electrons. The first-order valence-electron chi connectivity index (χ1n) is 24.2. The predicted molar refractivity (Wildman–Crippen MR) is 291 cm³/mol. The van der Waals surface area contributed by atoms with Crippen LogP contribution in [-0.2, 0) is 0 Å². The van der Waals surface area contributed by atoms with Gasteiger partial charge in [0.1, 0.15) is 22.3 Å². The van der Waals surface area contributed by atoms with Crippen molar-refractivity contribution in [2.75, 3.05) is 0 Å². The number of para-hydroxylation sites is 6. The van der Waals surface area contributed by atoms with Crippen LogP contribution in [0.15, 0.2) is 245 Å². The maximum absolute atomic E-state index is 6.21. The fourth-order valence-corrected chi connectivity index (χ4v) is 11.7. The average Bonchev–Trinajstić information content (AvgIpc) is 4.18. The minimum absolute atomic E-state index is 0.136. The van der Waals surface area contributed by atoms with Crippen molar-refractivity contribution in [3.05, 3.63) is 248 Å². The summed E-state index contributed by atoms with van der Waals surface area (Å²) in [7, 11) is 0. The van der Waals surface area contributed by atoms with Crippen LogP contribution in [0, 0.1) is 0 Å². The number of aromatic nitrogens is 2. The first kappa shape index (κ1) is 38.9. The minimum Gasteiger partial charge on any atom is -0.456 e. The summed E-state index contributed by atoms with van der Waals surface area (Å²) in [5, 5.41) is 9.52. The quantitative estimate of drug-likeness (QED) is 0.167. The zero-order chi connectivity index (χ0) is 45.9. The Morgan fingerprint density at radius 1 is 0.357 bits per heavy atom. The van der Waals surface area contributed by atoms with E-state index < -0.39 is 0 Å². The molecule has 1 aliphatic carbocycles. The van der Waals surface area contributed by atoms with Crippen LogP contribution in [0.5, 0.6) is 0 Å². The van der Waals surface area contributed by atoms with Gasteiger partial charge in [0.2, 0.25) is 0 Å². The van der Waals surface area contributed by atoms with Crippen LogP contribution in [0.2, 0.25) is 0 Å². The molecule has 0 fully saturated rings. The van der Waals surface area contributed by atoms with Crippen molar-refractivity contribution in [2.24, 2.45) is 0 Å². The van der Waals surface area contributed by atoms with Gasteiger partial charge in [0.15, 0.2) is 0 Å². The molecule has 4 heterocycles. The molecule has 1 aliphatic rings. The highest BCUT2D eigenvalue weighted by atomic mass is 16.3. The summed E-state index contributed by atoms with van der Waals surface area (Å²) >= 11 is 0. The Bertz CT molecular complexity index is 4530. The van der Waals surface area contributed by atoms with Crippen molar-refractivity contribution >= 4 is 93.1 Å². The molecule has 0 saturated carbocycles. The van der Waals surface area contributed by atoms with Gasteiger partial charge in [-0.3, -0.25) is 0 Å². The SMILES string of the molecule is C1=CC(c2cccc3c4ccccc4n(-c4cccc(-c5ccc6oc7ccccc7c6c5)c4)c23)=CC(c2cccc3c4ccccc4n(-c4cccc(-c5ccc6oc7ccccc7c6c5)c4)c23)C1. The van der Waals surface area contributed by atoms with E-state index in [-0.39, 0.29) is 5.92 Å². The second-order valence-electron chi connectivity index (χ2n) is 18.7. The van der Waals surface area contributed by atoms with Gasteiger partial charge in [-0.05, 0) is 113 Å². The van der Waals surface area contributed by atoms with E-state index in [9.17, 15) is 0 Å². The lowest BCUT2D eigenvalue weighted by Crippen LogP contribution is -2.04. The molecule has 70 heavy (non-hydrogen) atoms. The predicted octanol–water partition coefficient (Wildman–Crippen LogP) is 18.1. The van der Waals surface area contributed by atoms with Gasteiger partial charge in [-0.1, -0.05) is 164 Å². The van der Waals surface area contributed by atoms with Gasteiger partial charge >= 0.3 is 0 Å². The van der Waals surface area contributed by atoms with Gasteiger partial charge in [0, 0.05) is 65.9 Å². The van der Waals surface area contributed by atoms with E-state index in [2.05, 4.69) is 221 Å². The molecule has 0 bridgehead atoms. The minimum atomic E-state index is 0.136. The van der Waals surface area contributed by atoms with E-state index in [4.69, 9.17) is 8.83 Å². The highest BCUT2D eigenvalue weighted by Crippen LogP contribution is 2.44. The van der Waals surface area contributed by atoms with Gasteiger partial charge in [-0.2, -0.15) is 0 Å². The number of fused-ring (bicyclic) bond motifs is 12. The highest BCUT2D eigenvalue weighted by Gasteiger charge is 2.24. The van der Waals surface area contributed by atoms with Gasteiger partial charge < -0.3 is 18.0 Å². The van der Waals surface area contributed by atoms with Crippen LogP contribution in [-0.4, -0.2) is 9.13 Å². The Morgan fingerprint density at radius 3 is 1.44 bits per heavy atom. The summed E-state index contributed by atoms with van der Waals surface area (Å²) in [6, 6.07) is 79.2. The Balaban J connectivity index is 0.874. The van der Waals surface area contributed by atoms with Gasteiger partial charge in [-0.15, -0.1) is 0 Å². The fraction of sp³-hybridized carbons (Fsp3) is 0.0303. The van der Waals surface area contributed by atoms with Crippen molar-refractivity contribution in [1.29, 1.82) is 0 Å². The molecule has 0 saturated heterocycles. The van der Waals surface area contributed by atoms with Crippen LogP contribution in [0.4, 0.5) is 0 Å². The van der Waals surface area contributed by atoms with E-state index in [1.807, 2.05) is 24.3 Å². The second-order valence-corrected chi connectivity index (χ2v) is 18.7. The third kappa shape index (κ3) is 5.90. The summed E-state index contributed by atoms with van der Waals surface area (Å²) in [5.41, 5.74) is 19.1.